The number of carboxylic acid groups (broad SMARTS) is 1. The van der Waals surface area contributed by atoms with Crippen LogP contribution in [-0.4, -0.2) is 39.2 Å². The lowest BCUT2D eigenvalue weighted by Gasteiger charge is -2.12. The third-order valence-corrected chi connectivity index (χ3v) is 2.85. The van der Waals surface area contributed by atoms with Gasteiger partial charge >= 0.3 is 6.09 Å². The van der Waals surface area contributed by atoms with E-state index in [0.717, 1.165) is 16.6 Å². The average molecular weight is 233 g/mol. The van der Waals surface area contributed by atoms with Crippen molar-refractivity contribution in [3.8, 4) is 0 Å². The van der Waals surface area contributed by atoms with Crippen molar-refractivity contribution in [3.63, 3.8) is 0 Å². The number of amides is 1. The lowest BCUT2D eigenvalue weighted by atomic mass is 10.1. The Morgan fingerprint density at radius 3 is 3.00 bits per heavy atom. The summed E-state index contributed by atoms with van der Waals surface area (Å²) in [6.07, 6.45) is 1.58. The molecule has 0 radical (unpaired) electrons. The average Bonchev–Trinajstić information content (AvgIpc) is 2.67. The number of likely N-dealkylation sites (N-methyl/N-ethyl adjacent to an activating group) is 1. The van der Waals surface area contributed by atoms with E-state index in [1.54, 1.807) is 13.4 Å². The van der Waals surface area contributed by atoms with Gasteiger partial charge < -0.3 is 14.6 Å². The third kappa shape index (κ3) is 2.38. The van der Waals surface area contributed by atoms with Crippen LogP contribution < -0.4 is 0 Å². The minimum absolute atomic E-state index is 0.494. The molecule has 0 saturated carbocycles. The van der Waals surface area contributed by atoms with Crippen LogP contribution in [0.1, 0.15) is 5.56 Å². The molecule has 1 N–H and O–H groups in total. The van der Waals surface area contributed by atoms with Gasteiger partial charge in [-0.1, -0.05) is 6.07 Å². The summed E-state index contributed by atoms with van der Waals surface area (Å²) in [5.41, 5.74) is 3.13. The summed E-state index contributed by atoms with van der Waals surface area (Å²) in [6, 6.07) is 6.03. The van der Waals surface area contributed by atoms with Crippen molar-refractivity contribution in [2.45, 2.75) is 6.42 Å². The highest BCUT2D eigenvalue weighted by molar-refractivity contribution is 5.76. The minimum atomic E-state index is -0.899. The van der Waals surface area contributed by atoms with Gasteiger partial charge in [-0.25, -0.2) is 9.78 Å². The van der Waals surface area contributed by atoms with Crippen LogP contribution in [0.2, 0.25) is 0 Å². The van der Waals surface area contributed by atoms with Gasteiger partial charge in [0.1, 0.15) is 0 Å². The number of nitrogens with zero attached hydrogens (tertiary/aromatic N) is 3. The molecular formula is C12H15N3O2. The Kier molecular flexibility index (Phi) is 2.99. The molecule has 0 aliphatic rings. The molecule has 2 rings (SSSR count). The van der Waals surface area contributed by atoms with E-state index < -0.39 is 6.09 Å². The van der Waals surface area contributed by atoms with Gasteiger partial charge in [0.2, 0.25) is 0 Å². The number of hydrogen-bond acceptors (Lipinski definition) is 2. The van der Waals surface area contributed by atoms with Gasteiger partial charge in [0.25, 0.3) is 0 Å². The molecule has 90 valence electrons. The van der Waals surface area contributed by atoms with Crippen molar-refractivity contribution in [1.82, 2.24) is 14.5 Å². The molecule has 2 aromatic rings. The number of aromatic nitrogens is 2. The predicted molar refractivity (Wildman–Crippen MR) is 65.1 cm³/mol. The SMILES string of the molecule is CN(CCc1ccc2c(c1)ncn2C)C(=O)O. The Morgan fingerprint density at radius 2 is 2.29 bits per heavy atom. The Hall–Kier alpha value is -2.04. The molecule has 0 saturated heterocycles. The number of aryl methyl sites for hydroxylation is 1. The zero-order chi connectivity index (χ0) is 12.4. The molecule has 0 spiro atoms. The maximum Gasteiger partial charge on any atom is 0.407 e. The highest BCUT2D eigenvalue weighted by Gasteiger charge is 2.06. The van der Waals surface area contributed by atoms with Crippen molar-refractivity contribution in [2.24, 2.45) is 7.05 Å². The maximum absolute atomic E-state index is 10.6. The van der Waals surface area contributed by atoms with Gasteiger partial charge in [-0.3, -0.25) is 0 Å². The van der Waals surface area contributed by atoms with Crippen LogP contribution in [-0.2, 0) is 13.5 Å². The van der Waals surface area contributed by atoms with Crippen LogP contribution in [0, 0.1) is 0 Å². The fourth-order valence-corrected chi connectivity index (χ4v) is 1.73. The molecule has 1 aromatic heterocycles. The monoisotopic (exact) mass is 233 g/mol. The number of fused-ring (bicyclic) bond motifs is 1. The zero-order valence-electron chi connectivity index (χ0n) is 9.92. The van der Waals surface area contributed by atoms with Gasteiger partial charge in [0.05, 0.1) is 17.4 Å². The van der Waals surface area contributed by atoms with E-state index >= 15 is 0 Å². The first kappa shape index (κ1) is 11.4. The Labute approximate surface area is 99.3 Å². The second-order valence-electron chi connectivity index (χ2n) is 4.13. The second kappa shape index (κ2) is 4.45. The summed E-state index contributed by atoms with van der Waals surface area (Å²) in [5.74, 6) is 0. The first-order valence-electron chi connectivity index (χ1n) is 5.42. The number of carbonyl (C=O) groups is 1. The molecule has 0 unspecified atom stereocenters. The smallest absolute Gasteiger partial charge is 0.407 e. The van der Waals surface area contributed by atoms with Crippen molar-refractivity contribution in [1.29, 1.82) is 0 Å². The van der Waals surface area contributed by atoms with Gasteiger partial charge in [-0.05, 0) is 24.1 Å². The first-order chi connectivity index (χ1) is 8.08. The van der Waals surface area contributed by atoms with Crippen LogP contribution >= 0.6 is 0 Å². The van der Waals surface area contributed by atoms with Crippen molar-refractivity contribution in [3.05, 3.63) is 30.1 Å². The van der Waals surface area contributed by atoms with E-state index in [2.05, 4.69) is 4.98 Å². The van der Waals surface area contributed by atoms with Gasteiger partial charge in [-0.2, -0.15) is 0 Å². The van der Waals surface area contributed by atoms with Crippen LogP contribution in [0.3, 0.4) is 0 Å². The summed E-state index contributed by atoms with van der Waals surface area (Å²) in [4.78, 5) is 16.2. The van der Waals surface area contributed by atoms with E-state index in [9.17, 15) is 4.79 Å². The summed E-state index contributed by atoms with van der Waals surface area (Å²) in [5, 5.41) is 8.75. The van der Waals surface area contributed by atoms with E-state index in [1.165, 1.54) is 4.90 Å². The Morgan fingerprint density at radius 1 is 1.53 bits per heavy atom. The highest BCUT2D eigenvalue weighted by atomic mass is 16.4. The molecular weight excluding hydrogens is 218 g/mol. The third-order valence-electron chi connectivity index (χ3n) is 2.85. The van der Waals surface area contributed by atoms with Crippen LogP contribution in [0.4, 0.5) is 4.79 Å². The van der Waals surface area contributed by atoms with Crippen LogP contribution in [0.15, 0.2) is 24.5 Å². The second-order valence-corrected chi connectivity index (χ2v) is 4.13. The first-order valence-corrected chi connectivity index (χ1v) is 5.42. The molecule has 1 amide bonds. The molecule has 0 fully saturated rings. The lowest BCUT2D eigenvalue weighted by Crippen LogP contribution is -2.26. The minimum Gasteiger partial charge on any atom is -0.465 e. The van der Waals surface area contributed by atoms with E-state index in [1.807, 2.05) is 29.8 Å². The number of rotatable bonds is 3. The molecule has 17 heavy (non-hydrogen) atoms. The van der Waals surface area contributed by atoms with Crippen molar-refractivity contribution < 1.29 is 9.90 Å². The van der Waals surface area contributed by atoms with Gasteiger partial charge in [0, 0.05) is 20.6 Å². The fourth-order valence-electron chi connectivity index (χ4n) is 1.73. The number of hydrogen-bond donors (Lipinski definition) is 1. The summed E-state index contributed by atoms with van der Waals surface area (Å²) in [6.45, 7) is 0.494. The highest BCUT2D eigenvalue weighted by Crippen LogP contribution is 2.14. The summed E-state index contributed by atoms with van der Waals surface area (Å²) >= 11 is 0. The van der Waals surface area contributed by atoms with Gasteiger partial charge in [0.15, 0.2) is 0 Å². The maximum atomic E-state index is 10.6. The van der Waals surface area contributed by atoms with E-state index in [0.29, 0.717) is 13.0 Å². The van der Waals surface area contributed by atoms with Crippen LogP contribution in [0.25, 0.3) is 11.0 Å². The van der Waals surface area contributed by atoms with Crippen LogP contribution in [0.5, 0.6) is 0 Å². The lowest BCUT2D eigenvalue weighted by molar-refractivity contribution is 0.156. The fraction of sp³-hybridized carbons (Fsp3) is 0.333. The number of benzene rings is 1. The molecule has 0 atom stereocenters. The zero-order valence-corrected chi connectivity index (χ0v) is 9.92. The molecule has 5 nitrogen and oxygen atoms in total. The molecule has 5 heteroatoms. The van der Waals surface area contributed by atoms with Crippen molar-refractivity contribution >= 4 is 17.1 Å². The van der Waals surface area contributed by atoms with E-state index in [-0.39, 0.29) is 0 Å². The summed E-state index contributed by atoms with van der Waals surface area (Å²) in [7, 11) is 3.52. The normalized spacial score (nSPS) is 10.7. The molecule has 0 aliphatic heterocycles. The summed E-state index contributed by atoms with van der Waals surface area (Å²) < 4.78 is 1.96. The molecule has 0 bridgehead atoms. The molecule has 0 aliphatic carbocycles. The largest absolute Gasteiger partial charge is 0.465 e. The Bertz CT molecular complexity index is 548. The molecule has 1 heterocycles. The molecule has 1 aromatic carbocycles. The van der Waals surface area contributed by atoms with Gasteiger partial charge in [-0.15, -0.1) is 0 Å². The Balaban J connectivity index is 2.12. The standard InChI is InChI=1S/C12H15N3O2/c1-14(12(16)17)6-5-9-3-4-11-10(7-9)13-8-15(11)2/h3-4,7-8H,5-6H2,1-2H3,(H,16,17). The quantitative estimate of drug-likeness (QED) is 0.878. The number of imidazole rings is 1. The van der Waals surface area contributed by atoms with E-state index in [4.69, 9.17) is 5.11 Å². The van der Waals surface area contributed by atoms with Crippen molar-refractivity contribution in [2.75, 3.05) is 13.6 Å². The predicted octanol–water partition coefficient (Wildman–Crippen LogP) is 1.73. The topological polar surface area (TPSA) is 58.4 Å².